The molecule has 2 rings (SSSR count). The third-order valence-electron chi connectivity index (χ3n) is 2.25. The second kappa shape index (κ2) is 5.09. The molecule has 0 saturated heterocycles. The summed E-state index contributed by atoms with van der Waals surface area (Å²) in [5.74, 6) is 0. The third kappa shape index (κ3) is 2.62. The lowest BCUT2D eigenvalue weighted by Gasteiger charge is -2.07. The van der Waals surface area contributed by atoms with Gasteiger partial charge >= 0.3 is 0 Å². The molecule has 1 heterocycles. The summed E-state index contributed by atoms with van der Waals surface area (Å²) in [4.78, 5) is 1.06. The first-order valence-electron chi connectivity index (χ1n) is 4.73. The number of hydrogen-bond donors (Lipinski definition) is 0. The van der Waals surface area contributed by atoms with Gasteiger partial charge in [-0.1, -0.05) is 41.4 Å². The van der Waals surface area contributed by atoms with Crippen molar-refractivity contribution in [1.29, 1.82) is 0 Å². The minimum Gasteiger partial charge on any atom is -0.125 e. The molecule has 0 aliphatic carbocycles. The number of halogens is 3. The topological polar surface area (TPSA) is 0 Å². The van der Waals surface area contributed by atoms with Gasteiger partial charge < -0.3 is 0 Å². The van der Waals surface area contributed by atoms with Gasteiger partial charge in [0.05, 0.1) is 5.38 Å². The van der Waals surface area contributed by atoms with Crippen molar-refractivity contribution in [2.24, 2.45) is 0 Å². The maximum Gasteiger partial charge on any atom is 0.107 e. The number of aryl methyl sites for hydroxylation is 1. The van der Waals surface area contributed by atoms with Crippen LogP contribution in [0.5, 0.6) is 0 Å². The lowest BCUT2D eigenvalue weighted by atomic mass is 10.1. The SMILES string of the molecule is Cc1cccc(C(Cl)c2cc(Br)c(Cl)s2)c1. The van der Waals surface area contributed by atoms with Gasteiger partial charge in [0.15, 0.2) is 0 Å². The molecule has 0 fully saturated rings. The molecule has 1 atom stereocenters. The number of alkyl halides is 1. The van der Waals surface area contributed by atoms with Gasteiger partial charge in [-0.15, -0.1) is 22.9 Å². The molecule has 2 aromatic rings. The minimum atomic E-state index is -0.131. The van der Waals surface area contributed by atoms with Gasteiger partial charge in [-0.2, -0.15) is 0 Å². The average Bonchev–Trinajstić information content (AvgIpc) is 2.58. The van der Waals surface area contributed by atoms with Gasteiger partial charge in [0.1, 0.15) is 4.34 Å². The minimum absolute atomic E-state index is 0.131. The van der Waals surface area contributed by atoms with E-state index in [0.29, 0.717) is 0 Å². The van der Waals surface area contributed by atoms with E-state index < -0.39 is 0 Å². The lowest BCUT2D eigenvalue weighted by molar-refractivity contribution is 1.17. The van der Waals surface area contributed by atoms with E-state index in [1.807, 2.05) is 18.2 Å². The highest BCUT2D eigenvalue weighted by Gasteiger charge is 2.15. The molecule has 1 aromatic heterocycles. The second-order valence-corrected chi connectivity index (χ2v) is 6.52. The van der Waals surface area contributed by atoms with Crippen molar-refractivity contribution in [2.45, 2.75) is 12.3 Å². The number of thiophene rings is 1. The van der Waals surface area contributed by atoms with Crippen molar-refractivity contribution in [3.63, 3.8) is 0 Å². The highest BCUT2D eigenvalue weighted by Crippen LogP contribution is 2.40. The molecule has 0 bridgehead atoms. The van der Waals surface area contributed by atoms with E-state index in [1.54, 1.807) is 0 Å². The molecular weight excluding hydrogens is 327 g/mol. The van der Waals surface area contributed by atoms with Crippen LogP contribution in [0.15, 0.2) is 34.8 Å². The van der Waals surface area contributed by atoms with E-state index in [1.165, 1.54) is 16.9 Å². The van der Waals surface area contributed by atoms with Gasteiger partial charge in [-0.3, -0.25) is 0 Å². The van der Waals surface area contributed by atoms with Crippen LogP contribution in [0, 0.1) is 6.92 Å². The molecule has 0 saturated carbocycles. The van der Waals surface area contributed by atoms with E-state index in [-0.39, 0.29) is 5.38 Å². The zero-order valence-corrected chi connectivity index (χ0v) is 12.4. The van der Waals surface area contributed by atoms with E-state index in [2.05, 4.69) is 35.0 Å². The van der Waals surface area contributed by atoms with Crippen LogP contribution in [0.2, 0.25) is 4.34 Å². The molecule has 0 aliphatic heterocycles. The predicted octanol–water partition coefficient (Wildman–Crippen LogP) is 5.80. The highest BCUT2D eigenvalue weighted by atomic mass is 79.9. The molecule has 0 aliphatic rings. The van der Waals surface area contributed by atoms with Crippen molar-refractivity contribution in [2.75, 3.05) is 0 Å². The van der Waals surface area contributed by atoms with Crippen LogP contribution in [0.25, 0.3) is 0 Å². The van der Waals surface area contributed by atoms with Gasteiger partial charge in [-0.25, -0.2) is 0 Å². The Labute approximate surface area is 117 Å². The van der Waals surface area contributed by atoms with Gasteiger partial charge in [-0.05, 0) is 34.5 Å². The van der Waals surface area contributed by atoms with Crippen molar-refractivity contribution < 1.29 is 0 Å². The molecular formula is C12H9BrCl2S. The number of rotatable bonds is 2. The normalized spacial score (nSPS) is 12.8. The van der Waals surface area contributed by atoms with Crippen molar-refractivity contribution in [3.8, 4) is 0 Å². The van der Waals surface area contributed by atoms with Crippen LogP contribution < -0.4 is 0 Å². The summed E-state index contributed by atoms with van der Waals surface area (Å²) in [6.07, 6.45) is 0. The molecule has 0 spiro atoms. The summed E-state index contributed by atoms with van der Waals surface area (Å²) in [5, 5.41) is -0.131. The highest BCUT2D eigenvalue weighted by molar-refractivity contribution is 9.10. The quantitative estimate of drug-likeness (QED) is 0.608. The smallest absolute Gasteiger partial charge is 0.107 e. The summed E-state index contributed by atoms with van der Waals surface area (Å²) in [6.45, 7) is 2.06. The Morgan fingerprint density at radius 3 is 2.62 bits per heavy atom. The Kier molecular flexibility index (Phi) is 3.96. The summed E-state index contributed by atoms with van der Waals surface area (Å²) in [5.41, 5.74) is 2.32. The Morgan fingerprint density at radius 1 is 1.31 bits per heavy atom. The molecule has 1 unspecified atom stereocenters. The Hall–Kier alpha value is -0.0200. The van der Waals surface area contributed by atoms with E-state index in [9.17, 15) is 0 Å². The Bertz CT molecular complexity index is 488. The standard InChI is InChI=1S/C12H9BrCl2S/c1-7-3-2-4-8(5-7)11(14)10-6-9(13)12(15)16-10/h2-6,11H,1H3. The van der Waals surface area contributed by atoms with Gasteiger partial charge in [0.2, 0.25) is 0 Å². The maximum atomic E-state index is 6.42. The Morgan fingerprint density at radius 2 is 2.06 bits per heavy atom. The predicted molar refractivity (Wildman–Crippen MR) is 75.9 cm³/mol. The number of benzene rings is 1. The zero-order chi connectivity index (χ0) is 11.7. The maximum absolute atomic E-state index is 6.42. The zero-order valence-electron chi connectivity index (χ0n) is 8.51. The molecule has 0 nitrogen and oxygen atoms in total. The molecule has 4 heteroatoms. The van der Waals surface area contributed by atoms with Crippen LogP contribution in [-0.4, -0.2) is 0 Å². The summed E-state index contributed by atoms with van der Waals surface area (Å²) < 4.78 is 1.65. The van der Waals surface area contributed by atoms with Crippen molar-refractivity contribution in [3.05, 3.63) is 55.1 Å². The fourth-order valence-corrected chi connectivity index (χ4v) is 3.56. The Balaban J connectivity index is 2.35. The van der Waals surface area contributed by atoms with Crippen LogP contribution >= 0.6 is 50.5 Å². The lowest BCUT2D eigenvalue weighted by Crippen LogP contribution is -1.90. The van der Waals surface area contributed by atoms with Crippen LogP contribution in [0.4, 0.5) is 0 Å². The third-order valence-corrected chi connectivity index (χ3v) is 5.40. The molecule has 0 N–H and O–H groups in total. The van der Waals surface area contributed by atoms with E-state index in [0.717, 1.165) is 19.2 Å². The monoisotopic (exact) mass is 334 g/mol. The van der Waals surface area contributed by atoms with Gasteiger partial charge in [0, 0.05) is 9.35 Å². The molecule has 0 amide bonds. The van der Waals surface area contributed by atoms with Gasteiger partial charge in [0.25, 0.3) is 0 Å². The fraction of sp³-hybridized carbons (Fsp3) is 0.167. The van der Waals surface area contributed by atoms with Crippen LogP contribution in [0.3, 0.4) is 0 Å². The van der Waals surface area contributed by atoms with E-state index >= 15 is 0 Å². The largest absolute Gasteiger partial charge is 0.125 e. The first-order valence-corrected chi connectivity index (χ1v) is 7.15. The first-order chi connectivity index (χ1) is 7.58. The van der Waals surface area contributed by atoms with Crippen molar-refractivity contribution in [1.82, 2.24) is 0 Å². The van der Waals surface area contributed by atoms with Crippen molar-refractivity contribution >= 4 is 50.5 Å². The molecule has 16 heavy (non-hydrogen) atoms. The summed E-state index contributed by atoms with van der Waals surface area (Å²) in [7, 11) is 0. The second-order valence-electron chi connectivity index (χ2n) is 3.55. The molecule has 84 valence electrons. The van der Waals surface area contributed by atoms with Crippen LogP contribution in [0.1, 0.15) is 21.4 Å². The average molecular weight is 336 g/mol. The number of hydrogen-bond acceptors (Lipinski definition) is 1. The van der Waals surface area contributed by atoms with Crippen LogP contribution in [-0.2, 0) is 0 Å². The fourth-order valence-electron chi connectivity index (χ4n) is 1.48. The van der Waals surface area contributed by atoms with E-state index in [4.69, 9.17) is 23.2 Å². The summed E-state index contributed by atoms with van der Waals surface area (Å²) in [6, 6.07) is 10.2. The first kappa shape index (κ1) is 12.4. The molecule has 1 aromatic carbocycles. The summed E-state index contributed by atoms with van der Waals surface area (Å²) >= 11 is 17.3. The molecule has 0 radical (unpaired) electrons.